The zero-order valence-corrected chi connectivity index (χ0v) is 11.5. The summed E-state index contributed by atoms with van der Waals surface area (Å²) < 4.78 is 0. The van der Waals surface area contributed by atoms with E-state index in [4.69, 9.17) is 17.3 Å². The van der Waals surface area contributed by atoms with Crippen LogP contribution in [0.5, 0.6) is 0 Å². The van der Waals surface area contributed by atoms with Gasteiger partial charge in [0.15, 0.2) is 0 Å². The van der Waals surface area contributed by atoms with Gasteiger partial charge in [-0.15, -0.1) is 0 Å². The van der Waals surface area contributed by atoms with Crippen LogP contribution in [0.2, 0.25) is 5.02 Å². The van der Waals surface area contributed by atoms with Crippen LogP contribution in [-0.4, -0.2) is 9.97 Å². The van der Waals surface area contributed by atoms with Gasteiger partial charge in [-0.2, -0.15) is 0 Å². The normalized spacial score (nSPS) is 11.1. The summed E-state index contributed by atoms with van der Waals surface area (Å²) in [5, 5.41) is 0.651. The lowest BCUT2D eigenvalue weighted by atomic mass is 10.0. The Balaban J connectivity index is 2.28. The summed E-state index contributed by atoms with van der Waals surface area (Å²) in [7, 11) is 0. The molecule has 96 valence electrons. The third kappa shape index (κ3) is 1.96. The predicted octanol–water partition coefficient (Wildman–Crippen LogP) is 4.08. The number of nitrogens with zero attached hydrogens (tertiary/aromatic N) is 1. The molecule has 0 spiro atoms. The quantitative estimate of drug-likeness (QED) is 0.655. The highest BCUT2D eigenvalue weighted by Gasteiger charge is 2.11. The monoisotopic (exact) mass is 271 g/mol. The summed E-state index contributed by atoms with van der Waals surface area (Å²) in [5.41, 5.74) is 11.7. The van der Waals surface area contributed by atoms with Crippen LogP contribution in [0.15, 0.2) is 30.3 Å². The molecule has 19 heavy (non-hydrogen) atoms. The third-order valence-electron chi connectivity index (χ3n) is 3.41. The number of aromatic nitrogens is 2. The van der Waals surface area contributed by atoms with Gasteiger partial charge < -0.3 is 10.7 Å². The molecule has 0 aliphatic rings. The Kier molecular flexibility index (Phi) is 2.72. The molecule has 1 aromatic heterocycles. The topological polar surface area (TPSA) is 54.7 Å². The average molecular weight is 272 g/mol. The van der Waals surface area contributed by atoms with Gasteiger partial charge in [0.2, 0.25) is 0 Å². The van der Waals surface area contributed by atoms with Crippen molar-refractivity contribution >= 4 is 28.3 Å². The van der Waals surface area contributed by atoms with E-state index < -0.39 is 0 Å². The fraction of sp³-hybridized carbons (Fsp3) is 0.133. The first-order valence-electron chi connectivity index (χ1n) is 6.07. The van der Waals surface area contributed by atoms with E-state index >= 15 is 0 Å². The first-order chi connectivity index (χ1) is 9.06. The number of anilines is 1. The molecule has 0 bridgehead atoms. The number of hydrogen-bond donors (Lipinski definition) is 2. The van der Waals surface area contributed by atoms with Crippen molar-refractivity contribution < 1.29 is 0 Å². The Labute approximate surface area is 116 Å². The third-order valence-corrected chi connectivity index (χ3v) is 3.71. The molecule has 0 saturated carbocycles. The predicted molar refractivity (Wildman–Crippen MR) is 80.4 cm³/mol. The first kappa shape index (κ1) is 12.1. The summed E-state index contributed by atoms with van der Waals surface area (Å²) in [5.74, 6) is 0.802. The first-order valence-corrected chi connectivity index (χ1v) is 6.45. The summed E-state index contributed by atoms with van der Waals surface area (Å²) >= 11 is 6.15. The number of benzene rings is 2. The Bertz CT molecular complexity index is 774. The lowest BCUT2D eigenvalue weighted by Crippen LogP contribution is -1.93. The van der Waals surface area contributed by atoms with E-state index in [1.54, 1.807) is 0 Å². The minimum absolute atomic E-state index is 0.651. The SMILES string of the molecule is Cc1cc(N)cc(-c2nc3c(Cl)cccc3[nH]2)c1C. The number of H-pyrrole nitrogens is 1. The smallest absolute Gasteiger partial charge is 0.138 e. The molecular weight excluding hydrogens is 258 g/mol. The van der Waals surface area contributed by atoms with Crippen molar-refractivity contribution in [1.82, 2.24) is 9.97 Å². The van der Waals surface area contributed by atoms with Gasteiger partial charge in [-0.05, 0) is 49.2 Å². The number of aryl methyl sites for hydroxylation is 1. The van der Waals surface area contributed by atoms with Crippen LogP contribution in [0.3, 0.4) is 0 Å². The van der Waals surface area contributed by atoms with Crippen molar-refractivity contribution in [3.63, 3.8) is 0 Å². The van der Waals surface area contributed by atoms with Crippen LogP contribution in [0.25, 0.3) is 22.4 Å². The van der Waals surface area contributed by atoms with E-state index in [0.29, 0.717) is 5.02 Å². The van der Waals surface area contributed by atoms with Crippen molar-refractivity contribution in [2.75, 3.05) is 5.73 Å². The van der Waals surface area contributed by atoms with Gasteiger partial charge in [-0.1, -0.05) is 17.7 Å². The van der Waals surface area contributed by atoms with Gasteiger partial charge in [0.25, 0.3) is 0 Å². The number of halogens is 1. The van der Waals surface area contributed by atoms with Crippen molar-refractivity contribution in [2.24, 2.45) is 0 Å². The maximum absolute atomic E-state index is 6.15. The highest BCUT2D eigenvalue weighted by molar-refractivity contribution is 6.35. The second kappa shape index (κ2) is 4.28. The molecule has 0 atom stereocenters. The van der Waals surface area contributed by atoms with E-state index in [0.717, 1.165) is 33.7 Å². The van der Waals surface area contributed by atoms with E-state index in [2.05, 4.69) is 16.9 Å². The van der Waals surface area contributed by atoms with Crippen LogP contribution in [-0.2, 0) is 0 Å². The molecular formula is C15H14ClN3. The summed E-state index contributed by atoms with van der Waals surface area (Å²) in [6, 6.07) is 9.62. The lowest BCUT2D eigenvalue weighted by Gasteiger charge is -2.07. The minimum Gasteiger partial charge on any atom is -0.399 e. The molecule has 0 aliphatic heterocycles. The van der Waals surface area contributed by atoms with Gasteiger partial charge in [-0.25, -0.2) is 4.98 Å². The van der Waals surface area contributed by atoms with E-state index in [-0.39, 0.29) is 0 Å². The number of rotatable bonds is 1. The number of nitrogen functional groups attached to an aromatic ring is 1. The zero-order chi connectivity index (χ0) is 13.6. The van der Waals surface area contributed by atoms with Crippen LogP contribution in [0.1, 0.15) is 11.1 Å². The van der Waals surface area contributed by atoms with Crippen molar-refractivity contribution in [2.45, 2.75) is 13.8 Å². The molecule has 0 amide bonds. The Morgan fingerprint density at radius 3 is 2.74 bits per heavy atom. The fourth-order valence-electron chi connectivity index (χ4n) is 2.26. The van der Waals surface area contributed by atoms with Crippen LogP contribution < -0.4 is 5.73 Å². The molecule has 3 nitrogen and oxygen atoms in total. The van der Waals surface area contributed by atoms with E-state index in [1.807, 2.05) is 37.3 Å². The largest absolute Gasteiger partial charge is 0.399 e. The molecule has 3 N–H and O–H groups in total. The van der Waals surface area contributed by atoms with Crippen molar-refractivity contribution in [3.05, 3.63) is 46.5 Å². The average Bonchev–Trinajstić information content (AvgIpc) is 2.79. The minimum atomic E-state index is 0.651. The van der Waals surface area contributed by atoms with Gasteiger partial charge in [0.1, 0.15) is 11.3 Å². The number of para-hydroxylation sites is 1. The maximum atomic E-state index is 6.15. The molecule has 3 rings (SSSR count). The summed E-state index contributed by atoms with van der Waals surface area (Å²) in [6.07, 6.45) is 0. The molecule has 1 heterocycles. The molecule has 0 saturated heterocycles. The number of hydrogen-bond acceptors (Lipinski definition) is 2. The van der Waals surface area contributed by atoms with Gasteiger partial charge in [0.05, 0.1) is 10.5 Å². The number of fused-ring (bicyclic) bond motifs is 1. The second-order valence-corrected chi connectivity index (χ2v) is 5.14. The second-order valence-electron chi connectivity index (χ2n) is 4.73. The van der Waals surface area contributed by atoms with Crippen LogP contribution >= 0.6 is 11.6 Å². The number of nitrogens with two attached hydrogens (primary N) is 1. The molecule has 0 fully saturated rings. The van der Waals surface area contributed by atoms with Gasteiger partial charge >= 0.3 is 0 Å². The van der Waals surface area contributed by atoms with Gasteiger partial charge in [0, 0.05) is 11.3 Å². The van der Waals surface area contributed by atoms with Gasteiger partial charge in [-0.3, -0.25) is 0 Å². The molecule has 2 aromatic carbocycles. The van der Waals surface area contributed by atoms with Crippen molar-refractivity contribution in [1.29, 1.82) is 0 Å². The Morgan fingerprint density at radius 1 is 1.21 bits per heavy atom. The van der Waals surface area contributed by atoms with Crippen LogP contribution in [0.4, 0.5) is 5.69 Å². The lowest BCUT2D eigenvalue weighted by molar-refractivity contribution is 1.27. The Hall–Kier alpha value is -2.00. The number of nitrogens with one attached hydrogen (secondary N) is 1. The highest BCUT2D eigenvalue weighted by Crippen LogP contribution is 2.29. The molecule has 0 unspecified atom stereocenters. The van der Waals surface area contributed by atoms with E-state index in [1.165, 1.54) is 5.56 Å². The number of aromatic amines is 1. The molecule has 3 aromatic rings. The maximum Gasteiger partial charge on any atom is 0.138 e. The molecule has 0 radical (unpaired) electrons. The van der Waals surface area contributed by atoms with E-state index in [9.17, 15) is 0 Å². The standard InChI is InChI=1S/C15H14ClN3/c1-8-6-10(17)7-11(9(8)2)15-18-13-5-3-4-12(16)14(13)19-15/h3-7H,17H2,1-2H3,(H,18,19). The molecule has 4 heteroatoms. The number of imidazole rings is 1. The fourth-order valence-corrected chi connectivity index (χ4v) is 2.47. The highest BCUT2D eigenvalue weighted by atomic mass is 35.5. The summed E-state index contributed by atoms with van der Waals surface area (Å²) in [6.45, 7) is 4.11. The summed E-state index contributed by atoms with van der Waals surface area (Å²) in [4.78, 5) is 7.88. The van der Waals surface area contributed by atoms with Crippen molar-refractivity contribution in [3.8, 4) is 11.4 Å². The Morgan fingerprint density at radius 2 is 2.00 bits per heavy atom. The zero-order valence-electron chi connectivity index (χ0n) is 10.8. The van der Waals surface area contributed by atoms with Crippen LogP contribution in [0, 0.1) is 13.8 Å². The molecule has 0 aliphatic carbocycles.